The number of Topliss-reactive ketones (excluding diaryl/α,β-unsaturated/α-hetero) is 1. The molecule has 0 amide bonds. The van der Waals surface area contributed by atoms with E-state index < -0.39 is 0 Å². The van der Waals surface area contributed by atoms with Gasteiger partial charge in [0.1, 0.15) is 0 Å². The van der Waals surface area contributed by atoms with Gasteiger partial charge in [0.2, 0.25) is 0 Å². The maximum atomic E-state index is 12.2. The molecular formula is C14H17N3OS. The molecule has 19 heavy (non-hydrogen) atoms. The van der Waals surface area contributed by atoms with Gasteiger partial charge in [-0.3, -0.25) is 4.79 Å². The lowest BCUT2D eigenvalue weighted by Gasteiger charge is -2.05. The summed E-state index contributed by atoms with van der Waals surface area (Å²) >= 11 is 1.37. The monoisotopic (exact) mass is 275 g/mol. The number of ketones is 1. The van der Waals surface area contributed by atoms with Crippen molar-refractivity contribution < 1.29 is 4.79 Å². The molecule has 0 aliphatic heterocycles. The van der Waals surface area contributed by atoms with E-state index in [0.29, 0.717) is 10.9 Å². The Morgan fingerprint density at radius 3 is 2.58 bits per heavy atom. The molecule has 2 aromatic heterocycles. The van der Waals surface area contributed by atoms with Crippen molar-refractivity contribution in [3.05, 3.63) is 41.5 Å². The van der Waals surface area contributed by atoms with Crippen molar-refractivity contribution in [1.29, 1.82) is 0 Å². The number of aryl methyl sites for hydroxylation is 1. The third kappa shape index (κ3) is 3.04. The van der Waals surface area contributed by atoms with Crippen molar-refractivity contribution >= 4 is 17.5 Å². The molecule has 2 heterocycles. The Hall–Kier alpha value is -1.62. The fourth-order valence-electron chi connectivity index (χ4n) is 2.14. The molecule has 0 saturated heterocycles. The minimum atomic E-state index is 0.130. The highest BCUT2D eigenvalue weighted by Crippen LogP contribution is 2.19. The number of nitrogens with zero attached hydrogens (tertiary/aromatic N) is 3. The second-order valence-corrected chi connectivity index (χ2v) is 5.21. The average Bonchev–Trinajstić information content (AvgIpc) is 2.72. The van der Waals surface area contributed by atoms with E-state index in [1.54, 1.807) is 18.5 Å². The van der Waals surface area contributed by atoms with Gasteiger partial charge in [-0.25, -0.2) is 9.97 Å². The fraction of sp³-hybridized carbons (Fsp3) is 0.357. The normalized spacial score (nSPS) is 10.7. The molecule has 0 bridgehead atoms. The van der Waals surface area contributed by atoms with Crippen molar-refractivity contribution in [3.63, 3.8) is 0 Å². The van der Waals surface area contributed by atoms with Gasteiger partial charge in [0.25, 0.3) is 0 Å². The van der Waals surface area contributed by atoms with Gasteiger partial charge >= 0.3 is 0 Å². The van der Waals surface area contributed by atoms with Crippen LogP contribution in [-0.4, -0.2) is 26.1 Å². The van der Waals surface area contributed by atoms with E-state index in [1.165, 1.54) is 11.8 Å². The molecule has 0 aliphatic rings. The van der Waals surface area contributed by atoms with E-state index in [-0.39, 0.29) is 5.78 Å². The zero-order valence-electron chi connectivity index (χ0n) is 11.4. The van der Waals surface area contributed by atoms with Gasteiger partial charge in [-0.2, -0.15) is 0 Å². The van der Waals surface area contributed by atoms with Gasteiger partial charge in [0, 0.05) is 35.9 Å². The van der Waals surface area contributed by atoms with Crippen LogP contribution in [0.25, 0.3) is 0 Å². The number of hydrogen-bond acceptors (Lipinski definition) is 4. The summed E-state index contributed by atoms with van der Waals surface area (Å²) in [4.78, 5) is 20.4. The fourth-order valence-corrected chi connectivity index (χ4v) is 2.82. The molecule has 0 fully saturated rings. The lowest BCUT2D eigenvalue weighted by atomic mass is 10.2. The Bertz CT molecular complexity index is 578. The summed E-state index contributed by atoms with van der Waals surface area (Å²) in [5.74, 6) is 0.503. The molecule has 0 N–H and O–H groups in total. The standard InChI is InChI=1S/C14H17N3OS/c1-4-17-10(2)8-12(11(17)3)13(18)9-19-14-15-6-5-7-16-14/h5-8H,4,9H2,1-3H3. The Morgan fingerprint density at radius 1 is 1.32 bits per heavy atom. The summed E-state index contributed by atoms with van der Waals surface area (Å²) in [6.45, 7) is 6.99. The third-order valence-corrected chi connectivity index (χ3v) is 3.94. The van der Waals surface area contributed by atoms with Crippen LogP contribution in [-0.2, 0) is 6.54 Å². The highest BCUT2D eigenvalue weighted by atomic mass is 32.2. The maximum Gasteiger partial charge on any atom is 0.187 e. The summed E-state index contributed by atoms with van der Waals surface area (Å²) in [5.41, 5.74) is 2.98. The van der Waals surface area contributed by atoms with E-state index in [0.717, 1.165) is 23.5 Å². The molecular weight excluding hydrogens is 258 g/mol. The lowest BCUT2D eigenvalue weighted by molar-refractivity contribution is 0.102. The Balaban J connectivity index is 2.08. The first kappa shape index (κ1) is 13.8. The van der Waals surface area contributed by atoms with Crippen LogP contribution < -0.4 is 0 Å². The number of carbonyl (C=O) groups is 1. The number of hydrogen-bond donors (Lipinski definition) is 0. The largest absolute Gasteiger partial charge is 0.349 e. The second kappa shape index (κ2) is 6.02. The Kier molecular flexibility index (Phi) is 4.37. The van der Waals surface area contributed by atoms with E-state index in [1.807, 2.05) is 19.9 Å². The molecule has 0 saturated carbocycles. The molecule has 2 rings (SSSR count). The predicted molar refractivity (Wildman–Crippen MR) is 76.7 cm³/mol. The van der Waals surface area contributed by atoms with Crippen molar-refractivity contribution in [2.75, 3.05) is 5.75 Å². The van der Waals surface area contributed by atoms with Gasteiger partial charge in [-0.15, -0.1) is 0 Å². The molecule has 0 radical (unpaired) electrons. The topological polar surface area (TPSA) is 47.8 Å². The molecule has 5 heteroatoms. The molecule has 0 atom stereocenters. The number of thioether (sulfide) groups is 1. The minimum Gasteiger partial charge on any atom is -0.349 e. The zero-order chi connectivity index (χ0) is 13.8. The number of rotatable bonds is 5. The van der Waals surface area contributed by atoms with Gasteiger partial charge in [-0.1, -0.05) is 11.8 Å². The third-order valence-electron chi connectivity index (χ3n) is 3.06. The summed E-state index contributed by atoms with van der Waals surface area (Å²) < 4.78 is 2.15. The first-order valence-electron chi connectivity index (χ1n) is 6.23. The van der Waals surface area contributed by atoms with E-state index in [4.69, 9.17) is 0 Å². The van der Waals surface area contributed by atoms with Crippen molar-refractivity contribution in [1.82, 2.24) is 14.5 Å². The predicted octanol–water partition coefficient (Wildman–Crippen LogP) is 2.89. The highest BCUT2D eigenvalue weighted by molar-refractivity contribution is 7.99. The number of carbonyl (C=O) groups excluding carboxylic acids is 1. The van der Waals surface area contributed by atoms with Crippen molar-refractivity contribution in [2.45, 2.75) is 32.5 Å². The van der Waals surface area contributed by atoms with Crippen LogP contribution in [0, 0.1) is 13.8 Å². The molecule has 100 valence electrons. The van der Waals surface area contributed by atoms with Crippen LogP contribution >= 0.6 is 11.8 Å². The van der Waals surface area contributed by atoms with Crippen molar-refractivity contribution in [2.24, 2.45) is 0 Å². The quantitative estimate of drug-likeness (QED) is 0.478. The summed E-state index contributed by atoms with van der Waals surface area (Å²) in [6.07, 6.45) is 3.37. The summed E-state index contributed by atoms with van der Waals surface area (Å²) in [5, 5.41) is 0.639. The van der Waals surface area contributed by atoms with Gasteiger partial charge in [0.15, 0.2) is 10.9 Å². The number of aromatic nitrogens is 3. The van der Waals surface area contributed by atoms with Crippen molar-refractivity contribution in [3.8, 4) is 0 Å². The molecule has 4 nitrogen and oxygen atoms in total. The van der Waals surface area contributed by atoms with Crippen LogP contribution in [0.3, 0.4) is 0 Å². The summed E-state index contributed by atoms with van der Waals surface area (Å²) in [6, 6.07) is 3.73. The Labute approximate surface area is 117 Å². The van der Waals surface area contributed by atoms with E-state index in [9.17, 15) is 4.79 Å². The molecule has 2 aromatic rings. The van der Waals surface area contributed by atoms with E-state index >= 15 is 0 Å². The molecule has 0 aliphatic carbocycles. The van der Waals surface area contributed by atoms with Gasteiger partial charge in [0.05, 0.1) is 5.75 Å². The first-order valence-corrected chi connectivity index (χ1v) is 7.21. The second-order valence-electron chi connectivity index (χ2n) is 4.27. The highest BCUT2D eigenvalue weighted by Gasteiger charge is 2.15. The molecule has 0 spiro atoms. The summed E-state index contributed by atoms with van der Waals surface area (Å²) in [7, 11) is 0. The SMILES string of the molecule is CCn1c(C)cc(C(=O)CSc2ncccn2)c1C. The average molecular weight is 275 g/mol. The smallest absolute Gasteiger partial charge is 0.187 e. The van der Waals surface area contributed by atoms with Crippen LogP contribution in [0.2, 0.25) is 0 Å². The molecule has 0 unspecified atom stereocenters. The van der Waals surface area contributed by atoms with Crippen LogP contribution in [0.4, 0.5) is 0 Å². The molecule has 0 aromatic carbocycles. The van der Waals surface area contributed by atoms with Gasteiger partial charge < -0.3 is 4.57 Å². The van der Waals surface area contributed by atoms with Crippen LogP contribution in [0.1, 0.15) is 28.7 Å². The zero-order valence-corrected chi connectivity index (χ0v) is 12.2. The van der Waals surface area contributed by atoms with E-state index in [2.05, 4.69) is 21.5 Å². The first-order chi connectivity index (χ1) is 9.13. The van der Waals surface area contributed by atoms with Gasteiger partial charge in [-0.05, 0) is 32.9 Å². The minimum absolute atomic E-state index is 0.130. The van der Waals surface area contributed by atoms with Crippen LogP contribution in [0.15, 0.2) is 29.7 Å². The lowest BCUT2D eigenvalue weighted by Crippen LogP contribution is -2.06. The Morgan fingerprint density at radius 2 is 2.00 bits per heavy atom. The van der Waals surface area contributed by atoms with Crippen LogP contribution in [0.5, 0.6) is 0 Å². The maximum absolute atomic E-state index is 12.2.